The van der Waals surface area contributed by atoms with Crippen LogP contribution in [0.1, 0.15) is 23.3 Å². The van der Waals surface area contributed by atoms with Crippen LogP contribution in [0, 0.1) is 0 Å². The van der Waals surface area contributed by atoms with Crippen LogP contribution in [-0.2, 0) is 0 Å². The second-order valence-corrected chi connectivity index (χ2v) is 4.32. The Balaban J connectivity index is 1.83. The molecule has 2 aromatic heterocycles. The maximum absolute atomic E-state index is 12.1. The minimum atomic E-state index is -0.0496. The topological polar surface area (TPSA) is 59.2 Å². The number of hydrogen-bond donors (Lipinski definition) is 0. The van der Waals surface area contributed by atoms with Gasteiger partial charge in [0.15, 0.2) is 11.5 Å². The third kappa shape index (κ3) is 1.99. The van der Waals surface area contributed by atoms with Crippen molar-refractivity contribution < 1.29 is 9.32 Å². The average molecular weight is 243 g/mol. The molecule has 18 heavy (non-hydrogen) atoms. The van der Waals surface area contributed by atoms with E-state index in [0.29, 0.717) is 11.5 Å². The Labute approximate surface area is 104 Å². The number of aromatic nitrogens is 2. The molecule has 0 atom stereocenters. The van der Waals surface area contributed by atoms with Gasteiger partial charge in [-0.2, -0.15) is 0 Å². The molecule has 2 aromatic rings. The summed E-state index contributed by atoms with van der Waals surface area (Å²) in [6.45, 7) is 1.63. The van der Waals surface area contributed by atoms with Gasteiger partial charge in [0.25, 0.3) is 5.91 Å². The summed E-state index contributed by atoms with van der Waals surface area (Å²) in [5, 5.41) is 3.84. The van der Waals surface area contributed by atoms with Crippen LogP contribution in [0.25, 0.3) is 11.3 Å². The molecule has 0 aromatic carbocycles. The number of rotatable bonds is 2. The molecule has 92 valence electrons. The highest BCUT2D eigenvalue weighted by molar-refractivity contribution is 5.93. The second-order valence-electron chi connectivity index (χ2n) is 4.32. The molecule has 0 aliphatic carbocycles. The smallest absolute Gasteiger partial charge is 0.276 e. The van der Waals surface area contributed by atoms with E-state index in [2.05, 4.69) is 10.1 Å². The van der Waals surface area contributed by atoms with Gasteiger partial charge >= 0.3 is 0 Å². The van der Waals surface area contributed by atoms with Crippen molar-refractivity contribution in [2.24, 2.45) is 0 Å². The highest BCUT2D eigenvalue weighted by Gasteiger charge is 2.22. The Morgan fingerprint density at radius 2 is 2.17 bits per heavy atom. The van der Waals surface area contributed by atoms with Gasteiger partial charge in [-0.05, 0) is 25.0 Å². The first-order valence-corrected chi connectivity index (χ1v) is 6.01. The summed E-state index contributed by atoms with van der Waals surface area (Å²) in [6.07, 6.45) is 5.51. The molecule has 5 nitrogen and oxygen atoms in total. The molecule has 5 heteroatoms. The van der Waals surface area contributed by atoms with Gasteiger partial charge in [0.1, 0.15) is 0 Å². The van der Waals surface area contributed by atoms with E-state index in [1.807, 2.05) is 17.0 Å². The van der Waals surface area contributed by atoms with Gasteiger partial charge in [0.2, 0.25) is 0 Å². The van der Waals surface area contributed by atoms with Gasteiger partial charge in [0.05, 0.1) is 0 Å². The van der Waals surface area contributed by atoms with Gasteiger partial charge in [-0.15, -0.1) is 0 Å². The zero-order valence-corrected chi connectivity index (χ0v) is 9.87. The summed E-state index contributed by atoms with van der Waals surface area (Å²) < 4.78 is 5.19. The Kier molecular flexibility index (Phi) is 2.80. The lowest BCUT2D eigenvalue weighted by atomic mass is 10.2. The molecular weight excluding hydrogens is 230 g/mol. The van der Waals surface area contributed by atoms with E-state index in [0.717, 1.165) is 31.5 Å². The van der Waals surface area contributed by atoms with Gasteiger partial charge in [0, 0.05) is 37.1 Å². The predicted molar refractivity (Wildman–Crippen MR) is 64.9 cm³/mol. The van der Waals surface area contributed by atoms with E-state index in [4.69, 9.17) is 4.52 Å². The lowest BCUT2D eigenvalue weighted by Crippen LogP contribution is -2.27. The third-order valence-corrected chi connectivity index (χ3v) is 3.07. The van der Waals surface area contributed by atoms with Crippen molar-refractivity contribution in [3.63, 3.8) is 0 Å². The van der Waals surface area contributed by atoms with Crippen molar-refractivity contribution in [2.45, 2.75) is 12.8 Å². The monoisotopic (exact) mass is 243 g/mol. The van der Waals surface area contributed by atoms with Crippen LogP contribution in [0.5, 0.6) is 0 Å². The zero-order valence-electron chi connectivity index (χ0n) is 9.87. The van der Waals surface area contributed by atoms with Crippen molar-refractivity contribution in [1.82, 2.24) is 15.0 Å². The van der Waals surface area contributed by atoms with Crippen molar-refractivity contribution >= 4 is 5.91 Å². The SMILES string of the molecule is O=C(c1cc(-c2cccnc2)on1)N1CCCC1. The van der Waals surface area contributed by atoms with Gasteiger partial charge in [-0.25, -0.2) is 0 Å². The van der Waals surface area contributed by atoms with Crippen LogP contribution >= 0.6 is 0 Å². The molecule has 3 rings (SSSR count). The van der Waals surface area contributed by atoms with Crippen LogP contribution in [0.2, 0.25) is 0 Å². The quantitative estimate of drug-likeness (QED) is 0.809. The van der Waals surface area contributed by atoms with Crippen molar-refractivity contribution in [3.8, 4) is 11.3 Å². The van der Waals surface area contributed by atoms with Crippen molar-refractivity contribution in [3.05, 3.63) is 36.3 Å². The molecular formula is C13H13N3O2. The number of carbonyl (C=O) groups excluding carboxylic acids is 1. The minimum Gasteiger partial charge on any atom is -0.355 e. The lowest BCUT2D eigenvalue weighted by molar-refractivity contribution is 0.0782. The molecule has 0 unspecified atom stereocenters. The van der Waals surface area contributed by atoms with Crippen LogP contribution in [0.3, 0.4) is 0 Å². The number of amides is 1. The van der Waals surface area contributed by atoms with E-state index in [9.17, 15) is 4.79 Å². The van der Waals surface area contributed by atoms with E-state index in [-0.39, 0.29) is 5.91 Å². The molecule has 0 saturated carbocycles. The molecule has 0 spiro atoms. The zero-order chi connectivity index (χ0) is 12.4. The Morgan fingerprint density at radius 3 is 2.89 bits per heavy atom. The molecule has 1 fully saturated rings. The molecule has 1 aliphatic heterocycles. The normalized spacial score (nSPS) is 15.0. The third-order valence-electron chi connectivity index (χ3n) is 3.07. The van der Waals surface area contributed by atoms with Crippen molar-refractivity contribution in [1.29, 1.82) is 0 Å². The first-order chi connectivity index (χ1) is 8.84. The first kappa shape index (κ1) is 11.0. The fraction of sp³-hybridized carbons (Fsp3) is 0.308. The molecule has 1 amide bonds. The maximum atomic E-state index is 12.1. The van der Waals surface area contributed by atoms with E-state index < -0.39 is 0 Å². The summed E-state index contributed by atoms with van der Waals surface area (Å²) in [7, 11) is 0. The number of hydrogen-bond acceptors (Lipinski definition) is 4. The molecule has 0 N–H and O–H groups in total. The number of carbonyl (C=O) groups is 1. The summed E-state index contributed by atoms with van der Waals surface area (Å²) in [5.41, 5.74) is 1.20. The summed E-state index contributed by atoms with van der Waals surface area (Å²) in [5.74, 6) is 0.525. The number of likely N-dealkylation sites (tertiary alicyclic amines) is 1. The first-order valence-electron chi connectivity index (χ1n) is 6.01. The predicted octanol–water partition coefficient (Wildman–Crippen LogP) is 1.97. The fourth-order valence-corrected chi connectivity index (χ4v) is 2.10. The Morgan fingerprint density at radius 1 is 1.33 bits per heavy atom. The highest BCUT2D eigenvalue weighted by Crippen LogP contribution is 2.20. The maximum Gasteiger partial charge on any atom is 0.276 e. The summed E-state index contributed by atoms with van der Waals surface area (Å²) in [4.78, 5) is 17.9. The van der Waals surface area contributed by atoms with Crippen LogP contribution in [-0.4, -0.2) is 34.0 Å². The summed E-state index contributed by atoms with van der Waals surface area (Å²) in [6, 6.07) is 5.37. The van der Waals surface area contributed by atoms with Gasteiger partial charge in [-0.3, -0.25) is 9.78 Å². The molecule has 1 saturated heterocycles. The lowest BCUT2D eigenvalue weighted by Gasteiger charge is -2.12. The van der Waals surface area contributed by atoms with Gasteiger partial charge < -0.3 is 9.42 Å². The van der Waals surface area contributed by atoms with Gasteiger partial charge in [-0.1, -0.05) is 5.16 Å². The Hall–Kier alpha value is -2.17. The summed E-state index contributed by atoms with van der Waals surface area (Å²) >= 11 is 0. The highest BCUT2D eigenvalue weighted by atomic mass is 16.5. The van der Waals surface area contributed by atoms with Crippen LogP contribution in [0.4, 0.5) is 0 Å². The van der Waals surface area contributed by atoms with E-state index in [1.54, 1.807) is 18.5 Å². The van der Waals surface area contributed by atoms with E-state index in [1.165, 1.54) is 0 Å². The fourth-order valence-electron chi connectivity index (χ4n) is 2.10. The Bertz CT molecular complexity index is 544. The minimum absolute atomic E-state index is 0.0496. The molecule has 0 radical (unpaired) electrons. The molecule has 3 heterocycles. The van der Waals surface area contributed by atoms with E-state index >= 15 is 0 Å². The largest absolute Gasteiger partial charge is 0.355 e. The standard InChI is InChI=1S/C13H13N3O2/c17-13(16-6-1-2-7-16)11-8-12(18-15-11)10-4-3-5-14-9-10/h3-5,8-9H,1-2,6-7H2. The molecule has 0 bridgehead atoms. The van der Waals surface area contributed by atoms with Crippen molar-refractivity contribution in [2.75, 3.05) is 13.1 Å². The van der Waals surface area contributed by atoms with Crippen LogP contribution < -0.4 is 0 Å². The molecule has 1 aliphatic rings. The van der Waals surface area contributed by atoms with Crippen LogP contribution in [0.15, 0.2) is 35.1 Å². The number of pyridine rings is 1. The average Bonchev–Trinajstić information content (AvgIpc) is 3.10. The number of nitrogens with zero attached hydrogens (tertiary/aromatic N) is 3. The second kappa shape index (κ2) is 4.60.